The van der Waals surface area contributed by atoms with Crippen LogP contribution in [0.1, 0.15) is 36.3 Å². The van der Waals surface area contributed by atoms with Crippen LogP contribution in [-0.2, 0) is 85.2 Å². The number of fused-ring (bicyclic) bond motifs is 8. The van der Waals surface area contributed by atoms with Gasteiger partial charge in [0.2, 0.25) is 11.8 Å². The minimum absolute atomic E-state index is 0. The van der Waals surface area contributed by atoms with Gasteiger partial charge < -0.3 is 54.4 Å². The third-order valence-electron chi connectivity index (χ3n) is 13.9. The van der Waals surface area contributed by atoms with E-state index in [2.05, 4.69) is 82.6 Å². The van der Waals surface area contributed by atoms with Crippen molar-refractivity contribution in [1.82, 2.24) is 24.9 Å². The van der Waals surface area contributed by atoms with Crippen molar-refractivity contribution in [1.29, 1.82) is 0 Å². The Morgan fingerprint density at radius 2 is 0.980 bits per heavy atom. The number of aromatic nitrogens is 5. The SMILES string of the molecule is C(=C1[N-]c2ccccc2O1)c1ccccn1.C(=C1[N-]c2ccccc2O1)c1nc2ccccc2o1.C(=C1[N-]c2ccccc2O1)c1nc2ccccc2o1.C(=C1[N-]c2ccccc2S1)c1nc2ccccc2s1.CC(=O)C=C(C)O.[Ir].[Ir].[Ir].[Ir].[c-]1ccccc1-c1nccc2ccccc12. The summed E-state index contributed by atoms with van der Waals surface area (Å²) in [5.41, 5.74) is 10.7. The number of ether oxygens (including phenoxy) is 3. The number of allylic oxidation sites excluding steroid dienone is 2. The van der Waals surface area contributed by atoms with Crippen LogP contribution in [0, 0.1) is 6.07 Å². The number of thiazole rings is 1. The summed E-state index contributed by atoms with van der Waals surface area (Å²) >= 11 is 3.40. The van der Waals surface area contributed by atoms with Gasteiger partial charge in [-0.25, -0.2) is 15.0 Å². The molecule has 18 rings (SSSR count). The topological polar surface area (TPSA) is 212 Å². The second-order valence-corrected chi connectivity index (χ2v) is 23.1. The molecule has 9 heterocycles. The van der Waals surface area contributed by atoms with Crippen molar-refractivity contribution in [3.63, 3.8) is 0 Å². The maximum Gasteiger partial charge on any atom is 0.221 e. The number of rotatable bonds is 6. The molecule has 0 amide bonds. The van der Waals surface area contributed by atoms with Gasteiger partial charge in [-0.15, -0.1) is 64.7 Å². The molecule has 4 aliphatic rings. The number of nitrogens with zero attached hydrogens (tertiary/aromatic N) is 9. The summed E-state index contributed by atoms with van der Waals surface area (Å²) in [7, 11) is 0. The largest absolute Gasteiger partial charge is 0.651 e. The molecule has 16 nitrogen and oxygen atoms in total. The zero-order valence-corrected chi connectivity index (χ0v) is 63.9. The normalized spacial score (nSPS) is 13.7. The van der Waals surface area contributed by atoms with Crippen LogP contribution in [-0.4, -0.2) is 35.8 Å². The van der Waals surface area contributed by atoms with Crippen LogP contribution >= 0.6 is 23.1 Å². The Kier molecular flexibility index (Phi) is 26.9. The molecule has 9 aromatic carbocycles. The molecule has 0 saturated carbocycles. The van der Waals surface area contributed by atoms with E-state index >= 15 is 0 Å². The summed E-state index contributed by atoms with van der Waals surface area (Å²) in [4.78, 5) is 33.2. The summed E-state index contributed by atoms with van der Waals surface area (Å²) < 4.78 is 29.2. The Labute approximate surface area is 638 Å². The van der Waals surface area contributed by atoms with Crippen LogP contribution < -0.4 is 14.2 Å². The summed E-state index contributed by atoms with van der Waals surface area (Å²) in [5.74, 6) is 4.80. The summed E-state index contributed by atoms with van der Waals surface area (Å²) in [6.07, 6.45) is 12.0. The molecule has 0 bridgehead atoms. The van der Waals surface area contributed by atoms with Crippen LogP contribution in [0.4, 0.5) is 22.7 Å². The van der Waals surface area contributed by atoms with Gasteiger partial charge >= 0.3 is 0 Å². The molecule has 0 aliphatic carbocycles. The standard InChI is InChI=1S/2C15H9N2O2.C15H9N2S2.C15H10N.C13H9N2O.C5H8O2.4Ir/c3*1-3-7-12-10(5-1)16-14(18-12)9-15-17-11-6-2-4-8-13(11)19-15;1-2-7-13(8-3-1)15-14-9-5-4-6-12(14)10-11-16-15;1-2-7-12-11(6-1)15-13(16-12)9-10-5-3-4-8-14-10;1-4(6)3-5(2)7;;;;/h3*1-9H;1-7,9-11H;1-9H;3,6H,1-2H3;;;;/q5*-1;;;;;. The molecule has 0 fully saturated rings. The first-order valence-corrected chi connectivity index (χ1v) is 31.8. The number of hydrogen-bond acceptors (Lipinski definition) is 14. The summed E-state index contributed by atoms with van der Waals surface area (Å²) in [6, 6.07) is 81.8. The molecule has 0 spiro atoms. The molecule has 0 unspecified atom stereocenters. The summed E-state index contributed by atoms with van der Waals surface area (Å²) in [6.45, 7) is 2.85. The van der Waals surface area contributed by atoms with Crippen molar-refractivity contribution in [2.24, 2.45) is 0 Å². The minimum Gasteiger partial charge on any atom is -0.651 e. The number of hydrogen-bond donors (Lipinski definition) is 1. The number of oxazole rings is 2. The first-order chi connectivity index (χ1) is 47.1. The van der Waals surface area contributed by atoms with Crippen LogP contribution in [0.2, 0.25) is 0 Å². The smallest absolute Gasteiger partial charge is 0.221 e. The van der Waals surface area contributed by atoms with Gasteiger partial charge in [0, 0.05) is 129 Å². The average molecular weight is 2060 g/mol. The van der Waals surface area contributed by atoms with E-state index in [0.717, 1.165) is 94.7 Å². The van der Waals surface area contributed by atoms with Gasteiger partial charge in [-0.1, -0.05) is 162 Å². The third-order valence-corrected chi connectivity index (χ3v) is 15.9. The number of aliphatic hydroxyl groups excluding tert-OH is 1. The predicted octanol–water partition coefficient (Wildman–Crippen LogP) is 22.1. The minimum atomic E-state index is -0.125. The van der Waals surface area contributed by atoms with Crippen LogP contribution in [0.25, 0.3) is 100 Å². The molecule has 506 valence electrons. The molecular formula is C78H54Ir4N9O7S2-5. The second-order valence-electron chi connectivity index (χ2n) is 21.0. The van der Waals surface area contributed by atoms with E-state index in [0.29, 0.717) is 29.4 Å². The zero-order valence-electron chi connectivity index (χ0n) is 52.7. The first-order valence-electron chi connectivity index (χ1n) is 30.1. The first kappa shape index (κ1) is 74.3. The Balaban J connectivity index is 0.000000141. The van der Waals surface area contributed by atoms with Crippen LogP contribution in [0.3, 0.4) is 0 Å². The van der Waals surface area contributed by atoms with E-state index in [9.17, 15) is 4.79 Å². The van der Waals surface area contributed by atoms with Gasteiger partial charge in [-0.3, -0.25) is 9.78 Å². The quantitative estimate of drug-likeness (QED) is 0.0933. The van der Waals surface area contributed by atoms with Crippen LogP contribution in [0.15, 0.2) is 303 Å². The van der Waals surface area contributed by atoms with E-state index in [1.165, 1.54) is 40.3 Å². The third kappa shape index (κ3) is 19.7. The fraction of sp³-hybridized carbons (Fsp3) is 0.0256. The van der Waals surface area contributed by atoms with Gasteiger partial charge in [0.1, 0.15) is 33.3 Å². The number of carbonyl (C=O) groups is 1. The van der Waals surface area contributed by atoms with Crippen molar-refractivity contribution in [3.05, 3.63) is 339 Å². The number of carbonyl (C=O) groups excluding carboxylic acids is 1. The van der Waals surface area contributed by atoms with E-state index < -0.39 is 0 Å². The predicted molar refractivity (Wildman–Crippen MR) is 382 cm³/mol. The zero-order chi connectivity index (χ0) is 65.4. The van der Waals surface area contributed by atoms with Crippen molar-refractivity contribution in [2.75, 3.05) is 0 Å². The molecular weight excluding hydrogens is 2010 g/mol. The van der Waals surface area contributed by atoms with Crippen molar-refractivity contribution in [3.8, 4) is 28.5 Å². The monoisotopic (exact) mass is 2060 g/mol. The Morgan fingerprint density at radius 3 is 1.50 bits per heavy atom. The molecule has 4 radical (unpaired) electrons. The Bertz CT molecular complexity index is 4720. The summed E-state index contributed by atoms with van der Waals surface area (Å²) in [5, 5.41) is 30.4. The second kappa shape index (κ2) is 36.3. The van der Waals surface area contributed by atoms with E-state index in [-0.39, 0.29) is 92.0 Å². The number of pyridine rings is 2. The molecule has 0 saturated heterocycles. The number of ketones is 1. The molecule has 5 aromatic heterocycles. The molecule has 22 heteroatoms. The molecule has 14 aromatic rings. The van der Waals surface area contributed by atoms with Gasteiger partial charge in [0.15, 0.2) is 16.9 Å². The Morgan fingerprint density at radius 1 is 0.470 bits per heavy atom. The maximum atomic E-state index is 10.0. The van der Waals surface area contributed by atoms with E-state index in [1.807, 2.05) is 231 Å². The number of para-hydroxylation sites is 12. The van der Waals surface area contributed by atoms with Crippen molar-refractivity contribution >= 4 is 119 Å². The molecule has 0 atom stereocenters. The van der Waals surface area contributed by atoms with Gasteiger partial charge in [0.25, 0.3) is 0 Å². The van der Waals surface area contributed by atoms with Gasteiger partial charge in [-0.2, -0.15) is 0 Å². The van der Waals surface area contributed by atoms with Gasteiger partial charge in [0.05, 0.1) is 21.7 Å². The van der Waals surface area contributed by atoms with Crippen LogP contribution in [0.5, 0.6) is 17.2 Å². The molecule has 4 aliphatic heterocycles. The molecule has 1 N–H and O–H groups in total. The van der Waals surface area contributed by atoms with Gasteiger partial charge in [-0.05, 0) is 126 Å². The number of thioether (sulfide) groups is 1. The Hall–Kier alpha value is -9.91. The van der Waals surface area contributed by atoms with E-state index in [1.54, 1.807) is 41.4 Å². The number of benzene rings is 9. The van der Waals surface area contributed by atoms with Crippen molar-refractivity contribution < 1.29 is 113 Å². The fourth-order valence-corrected chi connectivity index (χ4v) is 11.6. The average Bonchev–Trinajstić information content (AvgIpc) is 1.03. The maximum absolute atomic E-state index is 10.0. The molecule has 100 heavy (non-hydrogen) atoms. The number of aliphatic hydroxyl groups is 1. The van der Waals surface area contributed by atoms with E-state index in [4.69, 9.17) is 28.2 Å². The fourth-order valence-electron chi connectivity index (χ4n) is 9.74. The van der Waals surface area contributed by atoms with Crippen molar-refractivity contribution in [2.45, 2.75) is 18.7 Å².